The number of carbonyl (C=O) groups is 2. The van der Waals surface area contributed by atoms with Gasteiger partial charge in [-0.15, -0.1) is 0 Å². The molecule has 0 bridgehead atoms. The molecule has 0 saturated carbocycles. The number of rotatable bonds is 7. The van der Waals surface area contributed by atoms with E-state index in [0.717, 1.165) is 0 Å². The Balaban J connectivity index is 4.65. The highest BCUT2D eigenvalue weighted by Gasteiger charge is 2.38. The molecule has 0 unspecified atom stereocenters. The molecule has 8 heteroatoms. The van der Waals surface area contributed by atoms with Crippen molar-refractivity contribution in [3.05, 3.63) is 0 Å². The normalized spacial score (nSPS) is 16.1. The predicted octanol–water partition coefficient (Wildman–Crippen LogP) is -3.35. The summed E-state index contributed by atoms with van der Waals surface area (Å²) in [5, 5.41) is 21.6. The maximum Gasteiger partial charge on any atom is 0.140 e. The summed E-state index contributed by atoms with van der Waals surface area (Å²) in [5.41, 5.74) is 7.10. The van der Waals surface area contributed by atoms with Crippen LogP contribution in [0.3, 0.4) is 0 Å². The second-order valence-electron chi connectivity index (χ2n) is 5.12. The largest absolute Gasteiger partial charge is 0.544 e. The van der Waals surface area contributed by atoms with Crippen LogP contribution >= 0.6 is 21.6 Å². The van der Waals surface area contributed by atoms with E-state index in [1.165, 1.54) is 21.6 Å². The number of hydrogen-bond donors (Lipinski definition) is 2. The molecule has 18 heavy (non-hydrogen) atoms. The molecule has 0 fully saturated rings. The molecule has 0 radical (unpaired) electrons. The first-order chi connectivity index (χ1) is 7.92. The van der Waals surface area contributed by atoms with Crippen LogP contribution in [0.5, 0.6) is 0 Å². The van der Waals surface area contributed by atoms with Crippen molar-refractivity contribution in [1.82, 2.24) is 0 Å². The van der Waals surface area contributed by atoms with Crippen molar-refractivity contribution >= 4 is 33.5 Å². The Morgan fingerprint density at radius 3 is 1.28 bits per heavy atom. The molecule has 0 heterocycles. The van der Waals surface area contributed by atoms with Gasteiger partial charge < -0.3 is 31.3 Å². The zero-order chi connectivity index (χ0) is 14.7. The van der Waals surface area contributed by atoms with Crippen molar-refractivity contribution in [2.75, 3.05) is 0 Å². The molecule has 0 aliphatic heterocycles. The van der Waals surface area contributed by atoms with Crippen LogP contribution in [-0.2, 0) is 9.59 Å². The third-order valence-corrected chi connectivity index (χ3v) is 7.06. The van der Waals surface area contributed by atoms with Gasteiger partial charge in [0.15, 0.2) is 0 Å². The van der Waals surface area contributed by atoms with Crippen LogP contribution < -0.4 is 21.7 Å². The molecule has 0 aromatic carbocycles. The second kappa shape index (κ2) is 6.14. The van der Waals surface area contributed by atoms with Crippen molar-refractivity contribution in [2.24, 2.45) is 0 Å². The lowest BCUT2D eigenvalue weighted by molar-refractivity contribution is -0.442. The van der Waals surface area contributed by atoms with Crippen LogP contribution in [-0.4, -0.2) is 33.5 Å². The zero-order valence-corrected chi connectivity index (χ0v) is 12.7. The quantitative estimate of drug-likeness (QED) is 0.471. The van der Waals surface area contributed by atoms with E-state index in [1.807, 2.05) is 0 Å². The standard InChI is InChI=1S/C10H20N2O4S2/c1-9(2,5(11)7(13)14)17-18-10(3,4)6(12)8(15)16/h5-6H,11-12H2,1-4H3,(H,13,14)(H,15,16)/t5-,6+. The summed E-state index contributed by atoms with van der Waals surface area (Å²) < 4.78 is -1.35. The van der Waals surface area contributed by atoms with Crippen molar-refractivity contribution in [3.8, 4) is 0 Å². The molecule has 0 aliphatic carbocycles. The SMILES string of the molecule is CC(C)(SSC(C)(C)[C@@H]([NH3+])C(=O)[O-])[C@H]([NH3+])C(=O)[O-]. The fourth-order valence-corrected chi connectivity index (χ4v) is 3.74. The fraction of sp³-hybridized carbons (Fsp3) is 0.800. The Labute approximate surface area is 114 Å². The van der Waals surface area contributed by atoms with Gasteiger partial charge in [0.05, 0.1) is 9.49 Å². The minimum absolute atomic E-state index is 0.674. The highest BCUT2D eigenvalue weighted by Crippen LogP contribution is 2.45. The van der Waals surface area contributed by atoms with E-state index in [1.54, 1.807) is 27.7 Å². The molecule has 106 valence electrons. The number of quaternary nitrogens is 2. The van der Waals surface area contributed by atoms with Gasteiger partial charge in [-0.1, -0.05) is 21.6 Å². The lowest BCUT2D eigenvalue weighted by Gasteiger charge is -2.33. The van der Waals surface area contributed by atoms with Crippen LogP contribution in [0, 0.1) is 0 Å². The zero-order valence-electron chi connectivity index (χ0n) is 11.0. The van der Waals surface area contributed by atoms with Gasteiger partial charge in [-0.2, -0.15) is 0 Å². The van der Waals surface area contributed by atoms with Crippen molar-refractivity contribution < 1.29 is 31.3 Å². The summed E-state index contributed by atoms with van der Waals surface area (Å²) in [5.74, 6) is -2.45. The third kappa shape index (κ3) is 4.68. The molecular formula is C10H20N2O4S2. The maximum atomic E-state index is 10.8. The number of carboxylic acids is 2. The molecule has 0 aromatic heterocycles. The van der Waals surface area contributed by atoms with Gasteiger partial charge in [-0.05, 0) is 27.7 Å². The van der Waals surface area contributed by atoms with Crippen LogP contribution in [0.15, 0.2) is 0 Å². The van der Waals surface area contributed by atoms with Crippen LogP contribution in [0.2, 0.25) is 0 Å². The van der Waals surface area contributed by atoms with E-state index in [0.29, 0.717) is 0 Å². The Kier molecular flexibility index (Phi) is 5.99. The Morgan fingerprint density at radius 2 is 1.11 bits per heavy atom. The van der Waals surface area contributed by atoms with Crippen LogP contribution in [0.1, 0.15) is 27.7 Å². The smallest absolute Gasteiger partial charge is 0.140 e. The van der Waals surface area contributed by atoms with Crippen molar-refractivity contribution in [1.29, 1.82) is 0 Å². The number of carboxylic acid groups (broad SMARTS) is 2. The topological polar surface area (TPSA) is 136 Å². The van der Waals surface area contributed by atoms with E-state index in [4.69, 9.17) is 0 Å². The molecule has 2 atom stereocenters. The maximum absolute atomic E-state index is 10.8. The molecule has 0 amide bonds. The molecule has 0 spiro atoms. The average molecular weight is 296 g/mol. The summed E-state index contributed by atoms with van der Waals surface area (Å²) in [4.78, 5) is 21.6. The Morgan fingerprint density at radius 1 is 0.889 bits per heavy atom. The lowest BCUT2D eigenvalue weighted by Crippen LogP contribution is -2.76. The van der Waals surface area contributed by atoms with Gasteiger partial charge >= 0.3 is 0 Å². The van der Waals surface area contributed by atoms with Gasteiger partial charge in [-0.25, -0.2) is 0 Å². The van der Waals surface area contributed by atoms with E-state index < -0.39 is 33.5 Å². The molecule has 0 aliphatic rings. The van der Waals surface area contributed by atoms with E-state index in [9.17, 15) is 19.8 Å². The third-order valence-electron chi connectivity index (χ3n) is 2.72. The van der Waals surface area contributed by atoms with Crippen molar-refractivity contribution in [3.63, 3.8) is 0 Å². The second-order valence-corrected chi connectivity index (χ2v) is 8.55. The number of aliphatic carboxylic acids is 2. The van der Waals surface area contributed by atoms with E-state index in [2.05, 4.69) is 11.5 Å². The minimum atomic E-state index is -1.23. The van der Waals surface area contributed by atoms with Gasteiger partial charge in [-0.3, -0.25) is 0 Å². The van der Waals surface area contributed by atoms with Crippen molar-refractivity contribution in [2.45, 2.75) is 49.3 Å². The van der Waals surface area contributed by atoms with Crippen LogP contribution in [0.4, 0.5) is 0 Å². The average Bonchev–Trinajstić information content (AvgIpc) is 2.24. The summed E-state index contributed by atoms with van der Waals surface area (Å²) in [6, 6.07) is -1.78. The Hall–Kier alpha value is -0.440. The summed E-state index contributed by atoms with van der Waals surface area (Å²) in [6.45, 7) is 6.91. The lowest BCUT2D eigenvalue weighted by atomic mass is 10.1. The molecule has 6 N–H and O–H groups in total. The van der Waals surface area contributed by atoms with Gasteiger partial charge in [0.25, 0.3) is 0 Å². The monoisotopic (exact) mass is 296 g/mol. The molecule has 0 aromatic rings. The summed E-state index contributed by atoms with van der Waals surface area (Å²) in [7, 11) is 2.54. The van der Waals surface area contributed by atoms with Crippen LogP contribution in [0.25, 0.3) is 0 Å². The first-order valence-corrected chi connectivity index (χ1v) is 7.51. The highest BCUT2D eigenvalue weighted by molar-refractivity contribution is 8.77. The number of carbonyl (C=O) groups excluding carboxylic acids is 2. The molecular weight excluding hydrogens is 276 g/mol. The summed E-state index contributed by atoms with van der Waals surface area (Å²) in [6.07, 6.45) is 0. The highest BCUT2D eigenvalue weighted by atomic mass is 33.1. The number of hydrogen-bond acceptors (Lipinski definition) is 6. The predicted molar refractivity (Wildman–Crippen MR) is 66.7 cm³/mol. The first-order valence-electron chi connectivity index (χ1n) is 5.36. The van der Waals surface area contributed by atoms with Gasteiger partial charge in [0.1, 0.15) is 24.0 Å². The van der Waals surface area contributed by atoms with Gasteiger partial charge in [0.2, 0.25) is 0 Å². The van der Waals surface area contributed by atoms with E-state index in [-0.39, 0.29) is 0 Å². The summed E-state index contributed by atoms with van der Waals surface area (Å²) >= 11 is 0. The molecule has 0 saturated heterocycles. The fourth-order valence-electron chi connectivity index (χ4n) is 0.899. The Bertz CT molecular complexity index is 302. The van der Waals surface area contributed by atoms with Gasteiger partial charge in [0, 0.05) is 0 Å². The molecule has 0 rings (SSSR count). The van der Waals surface area contributed by atoms with E-state index >= 15 is 0 Å². The molecule has 6 nitrogen and oxygen atoms in total. The minimum Gasteiger partial charge on any atom is -0.544 e. The first kappa shape index (κ1) is 17.6.